The largest absolute Gasteiger partial charge is 0.390 e. The molecule has 0 saturated heterocycles. The van der Waals surface area contributed by atoms with E-state index in [2.05, 4.69) is 0 Å². The Labute approximate surface area is 241 Å². The Kier molecular flexibility index (Phi) is 9.77. The Morgan fingerprint density at radius 3 is 2.31 bits per heavy atom. The minimum absolute atomic E-state index is 0. The molecule has 3 aromatic carbocycles. The number of fused-ring (bicyclic) bond motifs is 1. The molecule has 1 aromatic heterocycles. The van der Waals surface area contributed by atoms with Crippen molar-refractivity contribution in [3.63, 3.8) is 0 Å². The van der Waals surface area contributed by atoms with Crippen LogP contribution in [0.5, 0.6) is 0 Å². The number of Topliss-reactive ketones (excluding diaryl/α,β-unsaturated/α-hetero) is 1. The summed E-state index contributed by atoms with van der Waals surface area (Å²) < 4.78 is 15.6. The van der Waals surface area contributed by atoms with Crippen molar-refractivity contribution in [3.05, 3.63) is 113 Å². The van der Waals surface area contributed by atoms with Crippen LogP contribution in [0.25, 0.3) is 5.69 Å². The number of benzene rings is 3. The molecule has 1 amide bonds. The molecule has 0 bridgehead atoms. The second kappa shape index (κ2) is 12.6. The van der Waals surface area contributed by atoms with Gasteiger partial charge >= 0.3 is 0 Å². The van der Waals surface area contributed by atoms with E-state index in [1.54, 1.807) is 27.8 Å². The topological polar surface area (TPSA) is 75.4 Å². The molecule has 6 nitrogen and oxygen atoms in total. The zero-order valence-corrected chi connectivity index (χ0v) is 23.8. The highest BCUT2D eigenvalue weighted by Crippen LogP contribution is 2.47. The summed E-state index contributed by atoms with van der Waals surface area (Å²) in [5.41, 5.74) is 4.04. The van der Waals surface area contributed by atoms with Gasteiger partial charge in [0.1, 0.15) is 11.6 Å². The molecular formula is C30H32FN3O3S2. The molecule has 0 unspecified atom stereocenters. The molecule has 0 aliphatic carbocycles. The maximum Gasteiger partial charge on any atom is 0.232 e. The fraction of sp³-hybridized carbons (Fsp3) is 0.233. The fourth-order valence-corrected chi connectivity index (χ4v) is 5.27. The Morgan fingerprint density at radius 2 is 1.69 bits per heavy atom. The number of halogens is 1. The lowest BCUT2D eigenvalue weighted by Crippen LogP contribution is -2.45. The van der Waals surface area contributed by atoms with Gasteiger partial charge in [-0.2, -0.15) is 32.1 Å². The molecule has 39 heavy (non-hydrogen) atoms. The Hall–Kier alpha value is -3.40. The molecule has 0 spiro atoms. The second-order valence-corrected chi connectivity index (χ2v) is 9.30. The molecule has 1 N–H and O–H groups in total. The standard InChI is InChI=1S/C30H28FN3O3.2H2S/c1-3-33-29-28(25(18-35)32-34(29)23-10-5-4-6-11-23)27(20-12-14-22(31)15-13-20)24(30(33)37)17-26(36)21-9-7-8-19(2)16-21;;/h4-16,24,27,35H,3,17-18H2,1-2H3;2*1H2/t24-,27+;;/m0../s1. The molecule has 0 radical (unpaired) electrons. The van der Waals surface area contributed by atoms with Crippen molar-refractivity contribution in [1.29, 1.82) is 0 Å². The van der Waals surface area contributed by atoms with Crippen molar-refractivity contribution in [2.75, 3.05) is 11.4 Å². The van der Waals surface area contributed by atoms with Crippen molar-refractivity contribution in [2.45, 2.75) is 32.8 Å². The van der Waals surface area contributed by atoms with E-state index >= 15 is 0 Å². The number of amides is 1. The highest BCUT2D eigenvalue weighted by Gasteiger charge is 2.45. The van der Waals surface area contributed by atoms with E-state index in [0.29, 0.717) is 34.7 Å². The molecular weight excluding hydrogens is 533 g/mol. The van der Waals surface area contributed by atoms with Crippen LogP contribution in [0.1, 0.15) is 52.0 Å². The summed E-state index contributed by atoms with van der Waals surface area (Å²) >= 11 is 0. The van der Waals surface area contributed by atoms with Crippen LogP contribution >= 0.6 is 27.0 Å². The molecule has 9 heteroatoms. The van der Waals surface area contributed by atoms with Gasteiger partial charge in [0.15, 0.2) is 5.78 Å². The van der Waals surface area contributed by atoms with Gasteiger partial charge in [0, 0.05) is 30.0 Å². The van der Waals surface area contributed by atoms with E-state index in [0.717, 1.165) is 11.3 Å². The number of aromatic nitrogens is 2. The third-order valence-electron chi connectivity index (χ3n) is 6.97. The summed E-state index contributed by atoms with van der Waals surface area (Å²) in [4.78, 5) is 29.2. The van der Waals surface area contributed by atoms with Crippen LogP contribution < -0.4 is 4.90 Å². The van der Waals surface area contributed by atoms with Crippen LogP contribution in [0.3, 0.4) is 0 Å². The number of carbonyl (C=O) groups is 2. The van der Waals surface area contributed by atoms with Gasteiger partial charge in [-0.25, -0.2) is 9.07 Å². The van der Waals surface area contributed by atoms with E-state index in [1.165, 1.54) is 12.1 Å². The van der Waals surface area contributed by atoms with Gasteiger partial charge in [-0.1, -0.05) is 54.1 Å². The zero-order chi connectivity index (χ0) is 26.1. The number of ketones is 1. The summed E-state index contributed by atoms with van der Waals surface area (Å²) in [5, 5.41) is 15.1. The van der Waals surface area contributed by atoms with Gasteiger partial charge in [0.2, 0.25) is 5.91 Å². The zero-order valence-electron chi connectivity index (χ0n) is 21.8. The van der Waals surface area contributed by atoms with Gasteiger partial charge in [0.25, 0.3) is 0 Å². The lowest BCUT2D eigenvalue weighted by molar-refractivity contribution is -0.123. The predicted octanol–water partition coefficient (Wildman–Crippen LogP) is 5.43. The Bertz CT molecular complexity index is 1460. The van der Waals surface area contributed by atoms with Gasteiger partial charge in [-0.3, -0.25) is 14.5 Å². The third-order valence-corrected chi connectivity index (χ3v) is 6.97. The monoisotopic (exact) mass is 565 g/mol. The quantitative estimate of drug-likeness (QED) is 0.304. The number of carbonyl (C=O) groups excluding carboxylic acids is 2. The first-order valence-corrected chi connectivity index (χ1v) is 12.4. The smallest absolute Gasteiger partial charge is 0.232 e. The average Bonchev–Trinajstić information content (AvgIpc) is 3.29. The number of aliphatic hydroxyl groups is 1. The average molecular weight is 566 g/mol. The van der Waals surface area contributed by atoms with Crippen LogP contribution in [0.15, 0.2) is 78.9 Å². The number of hydrogen-bond donors (Lipinski definition) is 1. The van der Waals surface area contributed by atoms with Crippen LogP contribution in [-0.4, -0.2) is 33.1 Å². The summed E-state index contributed by atoms with van der Waals surface area (Å²) in [6.07, 6.45) is -0.0261. The third kappa shape index (κ3) is 5.66. The molecule has 204 valence electrons. The van der Waals surface area contributed by atoms with Crippen molar-refractivity contribution in [2.24, 2.45) is 5.92 Å². The first-order chi connectivity index (χ1) is 17.9. The number of hydrogen-bond acceptors (Lipinski definition) is 4. The van der Waals surface area contributed by atoms with Gasteiger partial charge in [-0.05, 0) is 49.7 Å². The minimum atomic E-state index is -0.746. The molecule has 4 aromatic rings. The van der Waals surface area contributed by atoms with E-state index in [9.17, 15) is 19.1 Å². The second-order valence-electron chi connectivity index (χ2n) is 9.30. The van der Waals surface area contributed by atoms with Crippen LogP contribution in [0, 0.1) is 18.7 Å². The number of anilines is 1. The maximum atomic E-state index is 14.1. The fourth-order valence-electron chi connectivity index (χ4n) is 5.27. The van der Waals surface area contributed by atoms with Crippen molar-refractivity contribution < 1.29 is 19.1 Å². The highest BCUT2D eigenvalue weighted by molar-refractivity contribution is 7.59. The SMILES string of the molecule is CCN1C(=O)[C@@H](CC(=O)c2cccc(C)c2)[C@@H](c2ccc(F)cc2)c2c(CO)nn(-c3ccccc3)c21.S.S. The minimum Gasteiger partial charge on any atom is -0.390 e. The normalized spacial score (nSPS) is 16.2. The number of aliphatic hydroxyl groups excluding tert-OH is 1. The lowest BCUT2D eigenvalue weighted by atomic mass is 9.74. The first-order valence-electron chi connectivity index (χ1n) is 12.4. The van der Waals surface area contributed by atoms with Crippen molar-refractivity contribution in [1.82, 2.24) is 9.78 Å². The van der Waals surface area contributed by atoms with Crippen LogP contribution in [0.2, 0.25) is 0 Å². The first kappa shape index (κ1) is 30.1. The summed E-state index contributed by atoms with van der Waals surface area (Å²) in [6, 6.07) is 22.7. The van der Waals surface area contributed by atoms with Gasteiger partial charge in [-0.15, -0.1) is 0 Å². The number of aryl methyl sites for hydroxylation is 1. The van der Waals surface area contributed by atoms with E-state index in [4.69, 9.17) is 5.10 Å². The number of para-hydroxylation sites is 1. The molecule has 5 rings (SSSR count). The molecule has 1 aliphatic heterocycles. The predicted molar refractivity (Wildman–Crippen MR) is 160 cm³/mol. The number of rotatable bonds is 7. The molecule has 0 saturated carbocycles. The molecule has 2 atom stereocenters. The van der Waals surface area contributed by atoms with Crippen LogP contribution in [-0.2, 0) is 11.4 Å². The Balaban J connectivity index is 0.00000210. The van der Waals surface area contributed by atoms with Gasteiger partial charge < -0.3 is 5.11 Å². The summed E-state index contributed by atoms with van der Waals surface area (Å²) in [5.74, 6) is -1.50. The maximum absolute atomic E-state index is 14.1. The number of nitrogens with zero attached hydrogens (tertiary/aromatic N) is 3. The molecule has 1 aliphatic rings. The van der Waals surface area contributed by atoms with Crippen LogP contribution in [0.4, 0.5) is 10.2 Å². The summed E-state index contributed by atoms with van der Waals surface area (Å²) in [7, 11) is 0. The van der Waals surface area contributed by atoms with E-state index in [1.807, 2.05) is 62.4 Å². The van der Waals surface area contributed by atoms with Crippen molar-refractivity contribution >= 4 is 44.5 Å². The Morgan fingerprint density at radius 1 is 1.00 bits per heavy atom. The summed E-state index contributed by atoms with van der Waals surface area (Å²) in [6.45, 7) is 3.81. The lowest BCUT2D eigenvalue weighted by Gasteiger charge is -2.38. The molecule has 2 heterocycles. The molecule has 0 fully saturated rings. The van der Waals surface area contributed by atoms with E-state index < -0.39 is 17.7 Å². The van der Waals surface area contributed by atoms with Gasteiger partial charge in [0.05, 0.1) is 23.9 Å². The van der Waals surface area contributed by atoms with E-state index in [-0.39, 0.29) is 51.7 Å². The highest BCUT2D eigenvalue weighted by atomic mass is 32.1. The van der Waals surface area contributed by atoms with Crippen molar-refractivity contribution in [3.8, 4) is 5.69 Å².